The third kappa shape index (κ3) is 2.30. The number of aromatic nitrogens is 1. The fourth-order valence-corrected chi connectivity index (χ4v) is 2.35. The number of benzene rings is 1. The van der Waals surface area contributed by atoms with Crippen molar-refractivity contribution in [3.63, 3.8) is 0 Å². The van der Waals surface area contributed by atoms with Crippen molar-refractivity contribution in [1.82, 2.24) is 10.3 Å². The highest BCUT2D eigenvalue weighted by Crippen LogP contribution is 2.41. The Hall–Kier alpha value is -2.83. The SMILES string of the molecule is CC(C)(C)OC(=O)NC1=Nc2c(N)cc(N)c3nccc1c23. The van der Waals surface area contributed by atoms with Crippen LogP contribution in [0.3, 0.4) is 0 Å². The van der Waals surface area contributed by atoms with E-state index >= 15 is 0 Å². The maximum Gasteiger partial charge on any atom is 0.413 e. The summed E-state index contributed by atoms with van der Waals surface area (Å²) in [6.45, 7) is 5.38. The summed E-state index contributed by atoms with van der Waals surface area (Å²) in [5.74, 6) is 0.383. The molecule has 0 bridgehead atoms. The van der Waals surface area contributed by atoms with Gasteiger partial charge in [0.2, 0.25) is 0 Å². The van der Waals surface area contributed by atoms with Crippen molar-refractivity contribution in [2.45, 2.75) is 26.4 Å². The smallest absolute Gasteiger partial charge is 0.413 e. The molecule has 1 aliphatic rings. The molecule has 1 aromatic carbocycles. The van der Waals surface area contributed by atoms with Gasteiger partial charge in [-0.1, -0.05) is 0 Å². The topological polar surface area (TPSA) is 116 Å². The number of nitrogens with zero attached hydrogens (tertiary/aromatic N) is 2. The lowest BCUT2D eigenvalue weighted by Crippen LogP contribution is -2.36. The Balaban J connectivity index is 2.02. The van der Waals surface area contributed by atoms with E-state index < -0.39 is 11.7 Å². The first kappa shape index (κ1) is 14.1. The van der Waals surface area contributed by atoms with Crippen molar-refractivity contribution in [2.24, 2.45) is 4.99 Å². The minimum Gasteiger partial charge on any atom is -0.444 e. The number of alkyl carbamates (subject to hydrolysis) is 1. The quantitative estimate of drug-likeness (QED) is 0.645. The van der Waals surface area contributed by atoms with E-state index in [9.17, 15) is 4.79 Å². The molecule has 7 heteroatoms. The van der Waals surface area contributed by atoms with Gasteiger partial charge in [-0.25, -0.2) is 9.79 Å². The van der Waals surface area contributed by atoms with Crippen molar-refractivity contribution >= 4 is 39.9 Å². The largest absolute Gasteiger partial charge is 0.444 e. The zero-order valence-corrected chi connectivity index (χ0v) is 12.6. The van der Waals surface area contributed by atoms with Crippen LogP contribution in [0.1, 0.15) is 26.3 Å². The van der Waals surface area contributed by atoms with Gasteiger partial charge in [-0.05, 0) is 32.9 Å². The van der Waals surface area contributed by atoms with E-state index in [1.807, 2.05) is 0 Å². The van der Waals surface area contributed by atoms with E-state index in [1.165, 1.54) is 0 Å². The maximum absolute atomic E-state index is 12.0. The van der Waals surface area contributed by atoms with Gasteiger partial charge in [0, 0.05) is 17.1 Å². The predicted octanol–water partition coefficient (Wildman–Crippen LogP) is 2.32. The normalized spacial score (nSPS) is 13.1. The monoisotopic (exact) mass is 299 g/mol. The highest BCUT2D eigenvalue weighted by molar-refractivity contribution is 6.24. The van der Waals surface area contributed by atoms with Gasteiger partial charge in [-0.2, -0.15) is 0 Å². The molecule has 5 N–H and O–H groups in total. The van der Waals surface area contributed by atoms with Gasteiger partial charge in [-0.15, -0.1) is 0 Å². The molecule has 0 spiro atoms. The fraction of sp³-hybridized carbons (Fsp3) is 0.267. The van der Waals surface area contributed by atoms with E-state index in [1.54, 1.807) is 39.1 Å². The number of amidine groups is 1. The zero-order chi connectivity index (χ0) is 16.1. The van der Waals surface area contributed by atoms with Gasteiger partial charge < -0.3 is 16.2 Å². The van der Waals surface area contributed by atoms with Crippen LogP contribution in [0.2, 0.25) is 0 Å². The Labute approximate surface area is 127 Å². The molecule has 0 saturated heterocycles. The summed E-state index contributed by atoms with van der Waals surface area (Å²) >= 11 is 0. The van der Waals surface area contributed by atoms with Crippen LogP contribution in [0.15, 0.2) is 23.3 Å². The first-order valence-electron chi connectivity index (χ1n) is 6.82. The van der Waals surface area contributed by atoms with Crippen molar-refractivity contribution in [3.05, 3.63) is 23.9 Å². The summed E-state index contributed by atoms with van der Waals surface area (Å²) in [7, 11) is 0. The number of hydrogen-bond acceptors (Lipinski definition) is 6. The molecule has 3 rings (SSSR count). The minimum atomic E-state index is -0.590. The second kappa shape index (κ2) is 4.59. The minimum absolute atomic E-state index is 0.383. The zero-order valence-electron chi connectivity index (χ0n) is 12.6. The summed E-state index contributed by atoms with van der Waals surface area (Å²) in [5, 5.41) is 3.40. The summed E-state index contributed by atoms with van der Waals surface area (Å²) in [6, 6.07) is 3.38. The molecule has 1 aromatic heterocycles. The molecule has 1 aliphatic heterocycles. The molecule has 114 valence electrons. The third-order valence-electron chi connectivity index (χ3n) is 3.14. The third-order valence-corrected chi connectivity index (χ3v) is 3.14. The van der Waals surface area contributed by atoms with Crippen LogP contribution in [-0.2, 0) is 4.74 Å². The van der Waals surface area contributed by atoms with Crippen molar-refractivity contribution in [1.29, 1.82) is 0 Å². The van der Waals surface area contributed by atoms with Gasteiger partial charge in [0.25, 0.3) is 0 Å². The van der Waals surface area contributed by atoms with Gasteiger partial charge >= 0.3 is 6.09 Å². The molecule has 0 saturated carbocycles. The van der Waals surface area contributed by atoms with Crippen LogP contribution in [0.5, 0.6) is 0 Å². The lowest BCUT2D eigenvalue weighted by Gasteiger charge is -2.19. The Morgan fingerprint density at radius 1 is 1.27 bits per heavy atom. The molecule has 0 radical (unpaired) electrons. The van der Waals surface area contributed by atoms with Crippen LogP contribution in [-0.4, -0.2) is 22.5 Å². The van der Waals surface area contributed by atoms with Crippen molar-refractivity contribution in [3.8, 4) is 0 Å². The van der Waals surface area contributed by atoms with Crippen LogP contribution in [0, 0.1) is 0 Å². The molecule has 2 aromatic rings. The summed E-state index contributed by atoms with van der Waals surface area (Å²) in [4.78, 5) is 20.6. The second-order valence-electron chi connectivity index (χ2n) is 6.07. The van der Waals surface area contributed by atoms with E-state index in [0.717, 1.165) is 10.9 Å². The fourth-order valence-electron chi connectivity index (χ4n) is 2.35. The molecule has 7 nitrogen and oxygen atoms in total. The number of nitrogen functional groups attached to an aromatic ring is 2. The number of nitrogens with two attached hydrogens (primary N) is 2. The number of rotatable bonds is 0. The van der Waals surface area contributed by atoms with E-state index in [4.69, 9.17) is 16.2 Å². The average Bonchev–Trinajstić information content (AvgIpc) is 2.74. The number of aliphatic imine (C=N–C) groups is 1. The van der Waals surface area contributed by atoms with E-state index in [0.29, 0.717) is 28.4 Å². The lowest BCUT2D eigenvalue weighted by molar-refractivity contribution is 0.0563. The standard InChI is InChI=1S/C15H17N5O2/c1-15(2,3)22-14(21)20-13-7-4-5-18-11-8(16)6-9(17)12(19-13)10(7)11/h4-6H,16-17H2,1-3H3,(H,19,20,21). The van der Waals surface area contributed by atoms with Crippen molar-refractivity contribution < 1.29 is 9.53 Å². The Bertz CT molecular complexity index is 821. The first-order chi connectivity index (χ1) is 10.3. The van der Waals surface area contributed by atoms with E-state index in [2.05, 4.69) is 15.3 Å². The number of carbonyl (C=O) groups excluding carboxylic acids is 1. The number of carbonyl (C=O) groups is 1. The highest BCUT2D eigenvalue weighted by Gasteiger charge is 2.25. The number of hydrogen-bond donors (Lipinski definition) is 3. The first-order valence-corrected chi connectivity index (χ1v) is 6.82. The maximum atomic E-state index is 12.0. The van der Waals surface area contributed by atoms with Gasteiger partial charge in [0.1, 0.15) is 11.4 Å². The van der Waals surface area contributed by atoms with Crippen LogP contribution < -0.4 is 16.8 Å². The van der Waals surface area contributed by atoms with Crippen LogP contribution in [0.4, 0.5) is 21.9 Å². The average molecular weight is 299 g/mol. The summed E-state index contributed by atoms with van der Waals surface area (Å²) < 4.78 is 5.25. The Kier molecular flexibility index (Phi) is 2.94. The van der Waals surface area contributed by atoms with Gasteiger partial charge in [-0.3, -0.25) is 10.3 Å². The van der Waals surface area contributed by atoms with Crippen LogP contribution >= 0.6 is 0 Å². The van der Waals surface area contributed by atoms with Crippen molar-refractivity contribution in [2.75, 3.05) is 11.5 Å². The molecule has 22 heavy (non-hydrogen) atoms. The molecule has 2 heterocycles. The molecule has 0 atom stereocenters. The molecular weight excluding hydrogens is 282 g/mol. The molecular formula is C15H17N5O2. The van der Waals surface area contributed by atoms with Crippen LogP contribution in [0.25, 0.3) is 10.9 Å². The highest BCUT2D eigenvalue weighted by atomic mass is 16.6. The number of nitrogens with one attached hydrogen (secondary N) is 1. The predicted molar refractivity (Wildman–Crippen MR) is 86.1 cm³/mol. The number of anilines is 2. The number of amides is 1. The van der Waals surface area contributed by atoms with E-state index in [-0.39, 0.29) is 0 Å². The molecule has 0 fully saturated rings. The Morgan fingerprint density at radius 3 is 2.68 bits per heavy atom. The molecule has 0 unspecified atom stereocenters. The van der Waals surface area contributed by atoms with Gasteiger partial charge in [0.05, 0.1) is 22.6 Å². The van der Waals surface area contributed by atoms with Gasteiger partial charge in [0.15, 0.2) is 0 Å². The summed E-state index contributed by atoms with van der Waals surface area (Å²) in [5.41, 5.74) is 14.2. The summed E-state index contributed by atoms with van der Waals surface area (Å²) in [6.07, 6.45) is 1.04. The molecule has 0 aliphatic carbocycles. The molecule has 1 amide bonds. The number of ether oxygens (including phenoxy) is 1. The second-order valence-corrected chi connectivity index (χ2v) is 6.07. The number of pyridine rings is 1. The lowest BCUT2D eigenvalue weighted by atomic mass is 10.1. The Morgan fingerprint density at radius 2 is 2.00 bits per heavy atom.